The predicted molar refractivity (Wildman–Crippen MR) is 29.7 cm³/mol. The van der Waals surface area contributed by atoms with Crippen LogP contribution in [0.2, 0.25) is 0 Å². The van der Waals surface area contributed by atoms with Gasteiger partial charge in [-0.1, -0.05) is 12.6 Å². The Labute approximate surface area is 92.1 Å². The third kappa shape index (κ3) is 9.30. The van der Waals surface area contributed by atoms with E-state index in [1.807, 2.05) is 0 Å². The van der Waals surface area contributed by atoms with Crippen LogP contribution in [0.25, 0.3) is 0 Å². The van der Waals surface area contributed by atoms with Gasteiger partial charge >= 0.3 is 51.4 Å². The summed E-state index contributed by atoms with van der Waals surface area (Å²) in [4.78, 5) is 0. The molecular formula is C2H5KOS2. The maximum absolute atomic E-state index is 4.35. The number of rotatable bonds is 0. The Kier molecular flexibility index (Phi) is 12.4. The molecule has 0 aromatic rings. The van der Waals surface area contributed by atoms with Gasteiger partial charge in [0.25, 0.3) is 0 Å². The quantitative estimate of drug-likeness (QED) is 0.241. The number of ether oxygens (including phenoxy) is 1. The summed E-state index contributed by atoms with van der Waals surface area (Å²) in [6.07, 6.45) is 0. The number of thiol groups is 1. The molecule has 32 valence electrons. The van der Waals surface area contributed by atoms with E-state index in [2.05, 4.69) is 29.6 Å². The molecular weight excluding hydrogens is 143 g/mol. The molecule has 0 heterocycles. The molecule has 6 heavy (non-hydrogen) atoms. The first-order valence-corrected chi connectivity index (χ1v) is 1.90. The number of hydrogen-bond donors (Lipinski definition) is 1. The van der Waals surface area contributed by atoms with Crippen molar-refractivity contribution < 1.29 is 57.5 Å². The third-order valence-corrected chi connectivity index (χ3v) is 0.524. The van der Waals surface area contributed by atoms with Crippen LogP contribution in [0.5, 0.6) is 0 Å². The summed E-state index contributed by atoms with van der Waals surface area (Å²) in [6, 6.07) is 0. The molecule has 1 nitrogen and oxygen atoms in total. The van der Waals surface area contributed by atoms with E-state index in [1.165, 1.54) is 7.11 Å². The van der Waals surface area contributed by atoms with Crippen LogP contribution in [0.15, 0.2) is 0 Å². The Hall–Kier alpha value is 1.88. The average molecular weight is 148 g/mol. The molecule has 0 unspecified atom stereocenters. The summed E-state index contributed by atoms with van der Waals surface area (Å²) >= 11 is 7.95. The second-order valence-electron chi connectivity index (χ2n) is 0.470. The van der Waals surface area contributed by atoms with Crippen LogP contribution in [-0.4, -0.2) is 11.5 Å². The Morgan fingerprint density at radius 1 is 2.00 bits per heavy atom. The number of thiocarbonyl (C=S) groups is 1. The molecule has 0 aliphatic heterocycles. The van der Waals surface area contributed by atoms with Crippen molar-refractivity contribution in [3.05, 3.63) is 0 Å². The molecule has 0 N–H and O–H groups in total. The number of hydrogen-bond acceptors (Lipinski definition) is 2. The van der Waals surface area contributed by atoms with Crippen molar-refractivity contribution in [2.24, 2.45) is 0 Å². The SMILES string of the molecule is COC(=S)S.[H-].[K+]. The van der Waals surface area contributed by atoms with Gasteiger partial charge < -0.3 is 6.16 Å². The van der Waals surface area contributed by atoms with Crippen LogP contribution >= 0.6 is 24.8 Å². The summed E-state index contributed by atoms with van der Waals surface area (Å²) in [6.45, 7) is 0. The van der Waals surface area contributed by atoms with Crippen molar-refractivity contribution in [2.45, 2.75) is 0 Å². The van der Waals surface area contributed by atoms with Crippen LogP contribution in [0, 0.1) is 0 Å². The third-order valence-electron chi connectivity index (χ3n) is 0.175. The second kappa shape index (κ2) is 6.88. The molecule has 0 saturated carbocycles. The van der Waals surface area contributed by atoms with Crippen molar-refractivity contribution in [1.29, 1.82) is 0 Å². The zero-order valence-corrected chi connectivity index (χ0v) is 8.60. The van der Waals surface area contributed by atoms with Gasteiger partial charge in [-0.05, 0) is 12.2 Å². The molecule has 0 aliphatic carbocycles. The summed E-state index contributed by atoms with van der Waals surface area (Å²) < 4.78 is 4.63. The maximum Gasteiger partial charge on any atom is 1.00 e. The fraction of sp³-hybridized carbons (Fsp3) is 0.500. The van der Waals surface area contributed by atoms with E-state index in [1.54, 1.807) is 0 Å². The smallest absolute Gasteiger partial charge is 1.00 e. The standard InChI is InChI=1S/C2H4OS2.K.H/c1-3-2(4)5;;/h1H3,(H,4,5);;/q;+1;-1. The fourth-order valence-corrected chi connectivity index (χ4v) is 0. The van der Waals surface area contributed by atoms with E-state index in [9.17, 15) is 0 Å². The molecule has 0 bridgehead atoms. The van der Waals surface area contributed by atoms with Crippen LogP contribution in [-0.2, 0) is 4.74 Å². The van der Waals surface area contributed by atoms with Crippen molar-refractivity contribution in [2.75, 3.05) is 7.11 Å². The second-order valence-corrected chi connectivity index (χ2v) is 1.55. The molecule has 0 aromatic heterocycles. The summed E-state index contributed by atoms with van der Waals surface area (Å²) in [5.74, 6) is 0. The van der Waals surface area contributed by atoms with Gasteiger partial charge in [0, 0.05) is 0 Å². The summed E-state index contributed by atoms with van der Waals surface area (Å²) in [5, 5.41) is 0. The monoisotopic (exact) mass is 148 g/mol. The molecule has 0 rings (SSSR count). The maximum atomic E-state index is 4.35. The van der Waals surface area contributed by atoms with Crippen LogP contribution in [0.1, 0.15) is 1.43 Å². The predicted octanol–water partition coefficient (Wildman–Crippen LogP) is -2.04. The van der Waals surface area contributed by atoms with Crippen molar-refractivity contribution in [3.63, 3.8) is 0 Å². The van der Waals surface area contributed by atoms with E-state index in [0.717, 1.165) is 0 Å². The van der Waals surface area contributed by atoms with Crippen molar-refractivity contribution in [3.8, 4) is 0 Å². The van der Waals surface area contributed by atoms with Gasteiger partial charge in [-0.15, -0.1) is 0 Å². The molecule has 0 aliphatic rings. The molecule has 0 fully saturated rings. The molecule has 0 aromatic carbocycles. The van der Waals surface area contributed by atoms with E-state index in [4.69, 9.17) is 0 Å². The van der Waals surface area contributed by atoms with E-state index in [0.29, 0.717) is 0 Å². The van der Waals surface area contributed by atoms with Gasteiger partial charge in [-0.2, -0.15) is 0 Å². The van der Waals surface area contributed by atoms with Crippen LogP contribution < -0.4 is 51.4 Å². The van der Waals surface area contributed by atoms with Gasteiger partial charge in [0.1, 0.15) is 0 Å². The first kappa shape index (κ1) is 10.8. The summed E-state index contributed by atoms with van der Waals surface area (Å²) in [5.41, 5.74) is 0. The minimum Gasteiger partial charge on any atom is -1.00 e. The van der Waals surface area contributed by atoms with E-state index < -0.39 is 0 Å². The Morgan fingerprint density at radius 2 is 2.17 bits per heavy atom. The molecule has 0 amide bonds. The minimum absolute atomic E-state index is 0. The van der Waals surface area contributed by atoms with Crippen LogP contribution in [0.4, 0.5) is 0 Å². The van der Waals surface area contributed by atoms with Crippen LogP contribution in [0.3, 0.4) is 0 Å². The van der Waals surface area contributed by atoms with E-state index in [-0.39, 0.29) is 57.2 Å². The minimum atomic E-state index is 0. The Balaban J connectivity index is -0.0000000800. The molecule has 0 radical (unpaired) electrons. The van der Waals surface area contributed by atoms with Gasteiger partial charge in [-0.25, -0.2) is 0 Å². The zero-order valence-electron chi connectivity index (χ0n) is 4.76. The normalized spacial score (nSPS) is 5.67. The first-order valence-electron chi connectivity index (χ1n) is 1.04. The molecule has 0 atom stereocenters. The summed E-state index contributed by atoms with van der Waals surface area (Å²) in [7, 11) is 1.48. The van der Waals surface area contributed by atoms with Gasteiger partial charge in [0.15, 0.2) is 0 Å². The van der Waals surface area contributed by atoms with Crippen molar-refractivity contribution >= 4 is 29.2 Å². The Morgan fingerprint density at radius 3 is 2.17 bits per heavy atom. The average Bonchev–Trinajstić information content (AvgIpc) is 1.38. The number of methoxy groups -OCH3 is 1. The molecule has 4 heteroatoms. The fourth-order valence-electron chi connectivity index (χ4n) is 0. The van der Waals surface area contributed by atoms with Crippen molar-refractivity contribution in [1.82, 2.24) is 0 Å². The van der Waals surface area contributed by atoms with Gasteiger partial charge in [0.05, 0.1) is 7.11 Å². The van der Waals surface area contributed by atoms with Gasteiger partial charge in [-0.3, -0.25) is 0 Å². The Bertz CT molecular complexity index is 51.0. The topological polar surface area (TPSA) is 9.23 Å². The van der Waals surface area contributed by atoms with Gasteiger partial charge in [0.2, 0.25) is 4.38 Å². The molecule has 0 spiro atoms. The largest absolute Gasteiger partial charge is 1.00 e. The first-order chi connectivity index (χ1) is 2.27. The van der Waals surface area contributed by atoms with E-state index >= 15 is 0 Å². The zero-order chi connectivity index (χ0) is 4.28. The molecule has 0 saturated heterocycles.